The van der Waals surface area contributed by atoms with Crippen LogP contribution in [0.25, 0.3) is 0 Å². The summed E-state index contributed by atoms with van der Waals surface area (Å²) in [7, 11) is 0. The van der Waals surface area contributed by atoms with Gasteiger partial charge in [-0.25, -0.2) is 0 Å². The van der Waals surface area contributed by atoms with Gasteiger partial charge in [-0.1, -0.05) is 12.1 Å². The van der Waals surface area contributed by atoms with E-state index < -0.39 is 0 Å². The van der Waals surface area contributed by atoms with Crippen LogP contribution in [0.5, 0.6) is 0 Å². The van der Waals surface area contributed by atoms with E-state index in [1.807, 2.05) is 36.0 Å². The van der Waals surface area contributed by atoms with E-state index in [-0.39, 0.29) is 5.91 Å². The molecule has 0 radical (unpaired) electrons. The average molecular weight is 363 g/mol. The third-order valence-corrected chi connectivity index (χ3v) is 5.72. The Morgan fingerprint density at radius 1 is 1.28 bits per heavy atom. The van der Waals surface area contributed by atoms with Crippen molar-refractivity contribution in [2.75, 3.05) is 30.7 Å². The molecule has 1 fully saturated rings. The molecule has 1 saturated heterocycles. The summed E-state index contributed by atoms with van der Waals surface area (Å²) in [6.45, 7) is 8.47. The molecule has 138 valence electrons. The first kappa shape index (κ1) is 19.6. The summed E-state index contributed by atoms with van der Waals surface area (Å²) in [5, 5.41) is 9.52. The zero-order chi connectivity index (χ0) is 18.1. The van der Waals surface area contributed by atoms with E-state index in [2.05, 4.69) is 29.8 Å². The number of guanidine groups is 1. The molecule has 5 nitrogen and oxygen atoms in total. The second kappa shape index (κ2) is 9.70. The molecule has 1 aromatic rings. The zero-order valence-corrected chi connectivity index (χ0v) is 16.3. The first-order valence-electron chi connectivity index (χ1n) is 9.03. The van der Waals surface area contributed by atoms with Gasteiger partial charge in [0, 0.05) is 30.4 Å². The number of thioether (sulfide) groups is 1. The number of anilines is 1. The Bertz CT molecular complexity index is 580. The van der Waals surface area contributed by atoms with Gasteiger partial charge in [-0.15, -0.1) is 0 Å². The summed E-state index contributed by atoms with van der Waals surface area (Å²) in [5.74, 6) is 2.10. The molecule has 1 aliphatic heterocycles. The van der Waals surface area contributed by atoms with Gasteiger partial charge in [0.15, 0.2) is 5.96 Å². The predicted molar refractivity (Wildman–Crippen MR) is 109 cm³/mol. The molecular formula is C19H30N4OS. The second-order valence-electron chi connectivity index (χ2n) is 6.65. The molecular weight excluding hydrogens is 332 g/mol. The summed E-state index contributed by atoms with van der Waals surface area (Å²) in [4.78, 5) is 15.8. The van der Waals surface area contributed by atoms with Crippen LogP contribution in [0.4, 0.5) is 5.69 Å². The molecule has 2 rings (SSSR count). The van der Waals surface area contributed by atoms with Crippen molar-refractivity contribution in [1.82, 2.24) is 10.6 Å². The van der Waals surface area contributed by atoms with Crippen LogP contribution in [0, 0.1) is 0 Å². The van der Waals surface area contributed by atoms with Crippen LogP contribution >= 0.6 is 11.8 Å². The van der Waals surface area contributed by atoms with Crippen molar-refractivity contribution in [3.8, 4) is 0 Å². The molecule has 0 bridgehead atoms. The Balaban J connectivity index is 1.81. The number of aliphatic imine (C=N–C) groups is 1. The molecule has 0 aromatic heterocycles. The van der Waals surface area contributed by atoms with E-state index in [0.29, 0.717) is 4.75 Å². The number of nitrogens with zero attached hydrogens (tertiary/aromatic N) is 1. The zero-order valence-electron chi connectivity index (χ0n) is 15.5. The molecule has 1 unspecified atom stereocenters. The van der Waals surface area contributed by atoms with Crippen LogP contribution in [0.15, 0.2) is 29.3 Å². The lowest BCUT2D eigenvalue weighted by Crippen LogP contribution is -2.39. The first-order valence-corrected chi connectivity index (χ1v) is 10.0. The van der Waals surface area contributed by atoms with Crippen molar-refractivity contribution in [2.45, 2.75) is 44.8 Å². The number of carbonyl (C=O) groups is 1. The fraction of sp³-hybridized carbons (Fsp3) is 0.579. The maximum Gasteiger partial charge on any atom is 0.221 e. The SMILES string of the molecule is CCNC(=NCC1(C)CCCS1)NCCc1ccc(NC(C)=O)cc1. The number of hydrogen-bond acceptors (Lipinski definition) is 3. The molecule has 0 saturated carbocycles. The Morgan fingerprint density at radius 3 is 2.64 bits per heavy atom. The van der Waals surface area contributed by atoms with E-state index in [9.17, 15) is 4.79 Å². The second-order valence-corrected chi connectivity index (χ2v) is 8.33. The highest BCUT2D eigenvalue weighted by Crippen LogP contribution is 2.37. The molecule has 1 atom stereocenters. The minimum atomic E-state index is -0.0463. The highest BCUT2D eigenvalue weighted by Gasteiger charge is 2.29. The topological polar surface area (TPSA) is 65.5 Å². The predicted octanol–water partition coefficient (Wildman–Crippen LogP) is 3.03. The Kier molecular flexibility index (Phi) is 7.62. The lowest BCUT2D eigenvalue weighted by atomic mass is 10.1. The third kappa shape index (κ3) is 6.98. The molecule has 1 heterocycles. The maximum atomic E-state index is 11.0. The largest absolute Gasteiger partial charge is 0.357 e. The van der Waals surface area contributed by atoms with Crippen molar-refractivity contribution >= 4 is 29.3 Å². The molecule has 0 spiro atoms. The van der Waals surface area contributed by atoms with Crippen LogP contribution in [0.1, 0.15) is 39.2 Å². The summed E-state index contributed by atoms with van der Waals surface area (Å²) in [6, 6.07) is 7.98. The fourth-order valence-corrected chi connectivity index (χ4v) is 4.06. The van der Waals surface area contributed by atoms with Gasteiger partial charge in [0.2, 0.25) is 5.91 Å². The van der Waals surface area contributed by atoms with Crippen molar-refractivity contribution in [3.05, 3.63) is 29.8 Å². The highest BCUT2D eigenvalue weighted by atomic mass is 32.2. The molecule has 3 N–H and O–H groups in total. The van der Waals surface area contributed by atoms with Crippen molar-refractivity contribution in [2.24, 2.45) is 4.99 Å². The van der Waals surface area contributed by atoms with Gasteiger partial charge in [-0.3, -0.25) is 9.79 Å². The standard InChI is InChI=1S/C19H30N4OS/c1-4-20-18(22-14-19(3)11-5-13-25-19)21-12-10-16-6-8-17(9-7-16)23-15(2)24/h6-9H,4-5,10-14H2,1-3H3,(H,23,24)(H2,20,21,22). The monoisotopic (exact) mass is 362 g/mol. The van der Waals surface area contributed by atoms with Crippen LogP contribution < -0.4 is 16.0 Å². The normalized spacial score (nSPS) is 20.4. The fourth-order valence-electron chi connectivity index (χ4n) is 2.83. The molecule has 6 heteroatoms. The van der Waals surface area contributed by atoms with Crippen molar-refractivity contribution < 1.29 is 4.79 Å². The average Bonchev–Trinajstić information content (AvgIpc) is 3.01. The smallest absolute Gasteiger partial charge is 0.221 e. The number of rotatable bonds is 7. The van der Waals surface area contributed by atoms with Gasteiger partial charge in [0.25, 0.3) is 0 Å². The van der Waals surface area contributed by atoms with Gasteiger partial charge in [-0.2, -0.15) is 11.8 Å². The Labute approximate surface area is 155 Å². The van der Waals surface area contributed by atoms with Crippen LogP contribution in [-0.4, -0.2) is 42.0 Å². The van der Waals surface area contributed by atoms with E-state index in [4.69, 9.17) is 4.99 Å². The van der Waals surface area contributed by atoms with E-state index >= 15 is 0 Å². The lowest BCUT2D eigenvalue weighted by Gasteiger charge is -2.21. The Hall–Kier alpha value is -1.69. The van der Waals surface area contributed by atoms with Crippen LogP contribution in [-0.2, 0) is 11.2 Å². The van der Waals surface area contributed by atoms with Crippen molar-refractivity contribution in [1.29, 1.82) is 0 Å². The summed E-state index contributed by atoms with van der Waals surface area (Å²) in [5.41, 5.74) is 2.07. The van der Waals surface area contributed by atoms with E-state index in [0.717, 1.165) is 37.7 Å². The third-order valence-electron chi connectivity index (χ3n) is 4.20. The molecule has 1 aromatic carbocycles. The van der Waals surface area contributed by atoms with E-state index in [1.165, 1.54) is 31.1 Å². The summed E-state index contributed by atoms with van der Waals surface area (Å²) < 4.78 is 0.294. The van der Waals surface area contributed by atoms with Gasteiger partial charge in [-0.05, 0) is 56.6 Å². The minimum Gasteiger partial charge on any atom is -0.357 e. The number of carbonyl (C=O) groups excluding carboxylic acids is 1. The number of amides is 1. The van der Waals surface area contributed by atoms with Gasteiger partial charge in [0.05, 0.1) is 6.54 Å². The maximum absolute atomic E-state index is 11.0. The Morgan fingerprint density at radius 2 is 2.04 bits per heavy atom. The molecule has 0 aliphatic carbocycles. The summed E-state index contributed by atoms with van der Waals surface area (Å²) in [6.07, 6.45) is 3.47. The summed E-state index contributed by atoms with van der Waals surface area (Å²) >= 11 is 2.04. The first-order chi connectivity index (χ1) is 12.0. The molecule has 1 aliphatic rings. The lowest BCUT2D eigenvalue weighted by molar-refractivity contribution is -0.114. The number of benzene rings is 1. The van der Waals surface area contributed by atoms with Gasteiger partial charge in [0.1, 0.15) is 0 Å². The van der Waals surface area contributed by atoms with Gasteiger partial charge >= 0.3 is 0 Å². The molecule has 25 heavy (non-hydrogen) atoms. The number of nitrogens with one attached hydrogen (secondary N) is 3. The van der Waals surface area contributed by atoms with E-state index in [1.54, 1.807) is 0 Å². The minimum absolute atomic E-state index is 0.0463. The molecule has 1 amide bonds. The van der Waals surface area contributed by atoms with Crippen molar-refractivity contribution in [3.63, 3.8) is 0 Å². The number of hydrogen-bond donors (Lipinski definition) is 3. The highest BCUT2D eigenvalue weighted by molar-refractivity contribution is 8.00. The quantitative estimate of drug-likeness (QED) is 0.515. The van der Waals surface area contributed by atoms with Crippen LogP contribution in [0.2, 0.25) is 0 Å². The van der Waals surface area contributed by atoms with Gasteiger partial charge < -0.3 is 16.0 Å². The van der Waals surface area contributed by atoms with Crippen LogP contribution in [0.3, 0.4) is 0 Å².